The van der Waals surface area contributed by atoms with Crippen LogP contribution in [0.1, 0.15) is 70.6 Å². The number of rotatable bonds is 5. The summed E-state index contributed by atoms with van der Waals surface area (Å²) in [7, 11) is 0. The van der Waals surface area contributed by atoms with Gasteiger partial charge >= 0.3 is 0 Å². The molecule has 0 spiro atoms. The minimum Gasteiger partial charge on any atom is -0.364 e. The molecule has 4 fully saturated rings. The van der Waals surface area contributed by atoms with Crippen LogP contribution in [0, 0.1) is 37.0 Å². The highest BCUT2D eigenvalue weighted by Gasteiger charge is 2.50. The molecule has 4 aliphatic carbocycles. The van der Waals surface area contributed by atoms with E-state index in [1.807, 2.05) is 0 Å². The Balaban J connectivity index is 1.32. The summed E-state index contributed by atoms with van der Waals surface area (Å²) in [5, 5.41) is 7.58. The molecule has 30 heavy (non-hydrogen) atoms. The number of aromatic nitrogens is 4. The topological polar surface area (TPSA) is 116 Å². The summed E-state index contributed by atoms with van der Waals surface area (Å²) >= 11 is 0. The van der Waals surface area contributed by atoms with E-state index in [9.17, 15) is 9.59 Å². The first-order chi connectivity index (χ1) is 14.3. The average Bonchev–Trinajstić information content (AvgIpc) is 3.07. The monoisotopic (exact) mass is 408 g/mol. The Morgan fingerprint density at radius 2 is 1.80 bits per heavy atom. The van der Waals surface area contributed by atoms with Gasteiger partial charge in [0.2, 0.25) is 0 Å². The molecule has 6 rings (SSSR count). The van der Waals surface area contributed by atoms with E-state index in [0.29, 0.717) is 16.8 Å². The van der Waals surface area contributed by atoms with E-state index in [4.69, 9.17) is 5.73 Å². The van der Waals surface area contributed by atoms with Gasteiger partial charge in [-0.25, -0.2) is 14.6 Å². The van der Waals surface area contributed by atoms with Gasteiger partial charge in [-0.15, -0.1) is 0 Å². The lowest BCUT2D eigenvalue weighted by atomic mass is 9.49. The van der Waals surface area contributed by atoms with Gasteiger partial charge in [0.05, 0.1) is 11.3 Å². The SMILES string of the molecule is Cc1cnc(-n2cc(C(=O)NCC34CC5CC(CC(C5)C3)C4)c(C)n2)nc1C(N)=O. The van der Waals surface area contributed by atoms with Crippen molar-refractivity contribution in [3.8, 4) is 5.95 Å². The van der Waals surface area contributed by atoms with E-state index in [2.05, 4.69) is 20.4 Å². The number of carbonyl (C=O) groups is 2. The van der Waals surface area contributed by atoms with E-state index in [1.54, 1.807) is 20.0 Å². The van der Waals surface area contributed by atoms with Crippen molar-refractivity contribution in [2.75, 3.05) is 6.54 Å². The van der Waals surface area contributed by atoms with Gasteiger partial charge in [-0.2, -0.15) is 5.10 Å². The van der Waals surface area contributed by atoms with E-state index in [0.717, 1.165) is 24.3 Å². The molecule has 0 radical (unpaired) electrons. The zero-order valence-electron chi connectivity index (χ0n) is 17.5. The Hall–Kier alpha value is -2.77. The molecule has 0 unspecified atom stereocenters. The van der Waals surface area contributed by atoms with E-state index >= 15 is 0 Å². The maximum atomic E-state index is 13.0. The molecule has 8 heteroatoms. The van der Waals surface area contributed by atoms with Crippen molar-refractivity contribution in [3.05, 3.63) is 34.9 Å². The predicted molar refractivity (Wildman–Crippen MR) is 110 cm³/mol. The normalized spacial score (nSPS) is 29.2. The summed E-state index contributed by atoms with van der Waals surface area (Å²) in [6, 6.07) is 0. The molecule has 0 saturated heterocycles. The number of carbonyl (C=O) groups excluding carboxylic acids is 2. The van der Waals surface area contributed by atoms with Gasteiger partial charge in [-0.05, 0) is 81.1 Å². The zero-order valence-corrected chi connectivity index (χ0v) is 17.5. The molecule has 4 aliphatic rings. The Morgan fingerprint density at radius 3 is 2.40 bits per heavy atom. The van der Waals surface area contributed by atoms with Crippen LogP contribution >= 0.6 is 0 Å². The number of aryl methyl sites for hydroxylation is 2. The van der Waals surface area contributed by atoms with E-state index in [1.165, 1.54) is 49.4 Å². The second-order valence-corrected chi connectivity index (χ2v) is 9.74. The molecule has 2 amide bonds. The lowest BCUT2D eigenvalue weighted by Crippen LogP contribution is -2.51. The third kappa shape index (κ3) is 3.28. The molecule has 0 atom stereocenters. The van der Waals surface area contributed by atoms with Crippen LogP contribution in [0.4, 0.5) is 0 Å². The third-order valence-corrected chi connectivity index (χ3v) is 7.33. The van der Waals surface area contributed by atoms with Crippen LogP contribution in [0.15, 0.2) is 12.4 Å². The number of nitrogens with two attached hydrogens (primary N) is 1. The number of primary amides is 1. The largest absolute Gasteiger partial charge is 0.364 e. The summed E-state index contributed by atoms with van der Waals surface area (Å²) in [4.78, 5) is 33.0. The minimum absolute atomic E-state index is 0.114. The average molecular weight is 409 g/mol. The molecule has 2 aromatic heterocycles. The highest BCUT2D eigenvalue weighted by molar-refractivity contribution is 5.95. The molecule has 4 saturated carbocycles. The first kappa shape index (κ1) is 19.2. The molecule has 3 N–H and O–H groups in total. The Morgan fingerprint density at radius 1 is 1.17 bits per heavy atom. The summed E-state index contributed by atoms with van der Waals surface area (Å²) in [6.07, 6.45) is 11.1. The maximum absolute atomic E-state index is 13.0. The van der Waals surface area contributed by atoms with Crippen LogP contribution in [-0.2, 0) is 0 Å². The van der Waals surface area contributed by atoms with Gasteiger partial charge in [-0.3, -0.25) is 9.59 Å². The third-order valence-electron chi connectivity index (χ3n) is 7.33. The zero-order chi connectivity index (χ0) is 21.0. The van der Waals surface area contributed by atoms with Crippen LogP contribution in [0.25, 0.3) is 5.95 Å². The fourth-order valence-electron chi connectivity index (χ4n) is 6.45. The van der Waals surface area contributed by atoms with Crippen LogP contribution in [0.3, 0.4) is 0 Å². The second-order valence-electron chi connectivity index (χ2n) is 9.74. The summed E-state index contributed by atoms with van der Waals surface area (Å²) in [5.41, 5.74) is 7.53. The number of nitrogens with zero attached hydrogens (tertiary/aromatic N) is 4. The number of hydrogen-bond acceptors (Lipinski definition) is 5. The highest BCUT2D eigenvalue weighted by Crippen LogP contribution is 2.59. The van der Waals surface area contributed by atoms with E-state index < -0.39 is 5.91 Å². The van der Waals surface area contributed by atoms with Crippen LogP contribution < -0.4 is 11.1 Å². The fraction of sp³-hybridized carbons (Fsp3) is 0.591. The summed E-state index contributed by atoms with van der Waals surface area (Å²) < 4.78 is 1.43. The lowest BCUT2D eigenvalue weighted by Gasteiger charge is -2.56. The van der Waals surface area contributed by atoms with Crippen molar-refractivity contribution < 1.29 is 9.59 Å². The molecular formula is C22H28N6O2. The Bertz CT molecular complexity index is 991. The molecule has 0 aromatic carbocycles. The van der Waals surface area contributed by atoms with Crippen LogP contribution in [-0.4, -0.2) is 38.1 Å². The predicted octanol–water partition coefficient (Wildman–Crippen LogP) is 2.32. The lowest BCUT2D eigenvalue weighted by molar-refractivity contribution is -0.0503. The molecule has 2 heterocycles. The Labute approximate surface area is 175 Å². The smallest absolute Gasteiger partial charge is 0.267 e. The number of amides is 2. The quantitative estimate of drug-likeness (QED) is 0.788. The van der Waals surface area contributed by atoms with Crippen molar-refractivity contribution in [1.82, 2.24) is 25.1 Å². The first-order valence-corrected chi connectivity index (χ1v) is 10.8. The fourth-order valence-corrected chi connectivity index (χ4v) is 6.45. The summed E-state index contributed by atoms with van der Waals surface area (Å²) in [5.74, 6) is 2.06. The van der Waals surface area contributed by atoms with Gasteiger partial charge in [0.15, 0.2) is 0 Å². The molecule has 0 aliphatic heterocycles. The van der Waals surface area contributed by atoms with Gasteiger partial charge in [0.1, 0.15) is 5.69 Å². The number of hydrogen-bond donors (Lipinski definition) is 2. The van der Waals surface area contributed by atoms with Crippen LogP contribution in [0.5, 0.6) is 0 Å². The Kier molecular flexibility index (Phi) is 4.41. The molecule has 2 aromatic rings. The molecular weight excluding hydrogens is 380 g/mol. The maximum Gasteiger partial charge on any atom is 0.267 e. The van der Waals surface area contributed by atoms with Crippen molar-refractivity contribution in [3.63, 3.8) is 0 Å². The van der Waals surface area contributed by atoms with Gasteiger partial charge in [-0.1, -0.05) is 0 Å². The van der Waals surface area contributed by atoms with Gasteiger partial charge in [0, 0.05) is 18.9 Å². The highest BCUT2D eigenvalue weighted by atomic mass is 16.2. The molecule has 8 nitrogen and oxygen atoms in total. The van der Waals surface area contributed by atoms with Gasteiger partial charge < -0.3 is 11.1 Å². The van der Waals surface area contributed by atoms with Gasteiger partial charge in [0.25, 0.3) is 17.8 Å². The molecule has 158 valence electrons. The second kappa shape index (κ2) is 6.89. The number of nitrogens with one attached hydrogen (secondary N) is 1. The summed E-state index contributed by atoms with van der Waals surface area (Å²) in [6.45, 7) is 4.26. The van der Waals surface area contributed by atoms with Crippen molar-refractivity contribution in [1.29, 1.82) is 0 Å². The first-order valence-electron chi connectivity index (χ1n) is 10.8. The minimum atomic E-state index is -0.617. The van der Waals surface area contributed by atoms with Crippen LogP contribution in [0.2, 0.25) is 0 Å². The molecule has 4 bridgehead atoms. The van der Waals surface area contributed by atoms with E-state index in [-0.39, 0.29) is 23.0 Å². The van der Waals surface area contributed by atoms with Crippen molar-refractivity contribution >= 4 is 11.8 Å². The van der Waals surface area contributed by atoms with Crippen molar-refractivity contribution in [2.24, 2.45) is 28.9 Å². The van der Waals surface area contributed by atoms with Crippen molar-refractivity contribution in [2.45, 2.75) is 52.4 Å². The standard InChI is InChI=1S/C22H28N6O2/c1-12-9-24-21(26-18(12)19(23)29)28-10-17(13(2)27-28)20(30)25-11-22-6-14-3-15(7-22)5-16(4-14)8-22/h9-10,14-16H,3-8,11H2,1-2H3,(H2,23,29)(H,25,30).